The number of carbonyl (C=O) groups excluding carboxylic acids is 1. The maximum absolute atomic E-state index is 12.2. The van der Waals surface area contributed by atoms with Gasteiger partial charge in [-0.05, 0) is 23.6 Å². The molecule has 0 unspecified atom stereocenters. The number of hydrogen-bond donors (Lipinski definition) is 1. The fourth-order valence-corrected chi connectivity index (χ4v) is 2.94. The van der Waals surface area contributed by atoms with Gasteiger partial charge in [-0.3, -0.25) is 4.79 Å². The van der Waals surface area contributed by atoms with Crippen LogP contribution in [0.3, 0.4) is 0 Å². The van der Waals surface area contributed by atoms with Crippen molar-refractivity contribution < 1.29 is 14.3 Å². The number of carbonyl (C=O) groups is 1. The summed E-state index contributed by atoms with van der Waals surface area (Å²) in [6.45, 7) is 1.19. The third kappa shape index (κ3) is 3.71. The summed E-state index contributed by atoms with van der Waals surface area (Å²) in [5.41, 5.74) is 3.37. The number of amides is 1. The van der Waals surface area contributed by atoms with Gasteiger partial charge in [-0.1, -0.05) is 42.5 Å². The van der Waals surface area contributed by atoms with Gasteiger partial charge in [0.1, 0.15) is 11.9 Å². The van der Waals surface area contributed by atoms with Gasteiger partial charge in [-0.25, -0.2) is 0 Å². The van der Waals surface area contributed by atoms with Crippen LogP contribution in [0.4, 0.5) is 0 Å². The zero-order valence-corrected chi connectivity index (χ0v) is 13.2. The van der Waals surface area contributed by atoms with E-state index >= 15 is 0 Å². The van der Waals surface area contributed by atoms with E-state index in [-0.39, 0.29) is 12.0 Å². The average Bonchev–Trinajstić information content (AvgIpc) is 2.60. The highest BCUT2D eigenvalue weighted by Crippen LogP contribution is 2.26. The standard InChI is InChI=1S/C19H21NO3/c1-22-17-9-5-3-7-15(17)12-19(21)20-13-18-16-8-4-2-6-14(16)10-11-23-18/h2-9,18H,10-13H2,1H3,(H,20,21)/t18-/m1/s1. The molecule has 1 aliphatic rings. The Labute approximate surface area is 136 Å². The zero-order valence-electron chi connectivity index (χ0n) is 13.2. The van der Waals surface area contributed by atoms with Crippen LogP contribution in [0.5, 0.6) is 5.75 Å². The molecule has 1 amide bonds. The topological polar surface area (TPSA) is 47.6 Å². The van der Waals surface area contributed by atoms with Gasteiger partial charge in [0.2, 0.25) is 5.91 Å². The number of rotatable bonds is 5. The lowest BCUT2D eigenvalue weighted by Crippen LogP contribution is -2.32. The van der Waals surface area contributed by atoms with Crippen LogP contribution in [0, 0.1) is 0 Å². The number of methoxy groups -OCH3 is 1. The summed E-state index contributed by atoms with van der Waals surface area (Å²) in [5.74, 6) is 0.711. The van der Waals surface area contributed by atoms with E-state index in [1.807, 2.05) is 36.4 Å². The summed E-state index contributed by atoms with van der Waals surface area (Å²) in [6.07, 6.45) is 1.17. The first-order valence-electron chi connectivity index (χ1n) is 7.86. The van der Waals surface area contributed by atoms with Crippen LogP contribution in [0.2, 0.25) is 0 Å². The molecule has 0 bridgehead atoms. The number of hydrogen-bond acceptors (Lipinski definition) is 3. The minimum atomic E-state index is -0.0680. The van der Waals surface area contributed by atoms with Crippen molar-refractivity contribution >= 4 is 5.91 Å². The Kier molecular flexibility index (Phi) is 4.93. The van der Waals surface area contributed by atoms with E-state index in [2.05, 4.69) is 17.4 Å². The third-order valence-corrected chi connectivity index (χ3v) is 4.12. The summed E-state index contributed by atoms with van der Waals surface area (Å²) < 4.78 is 11.1. The minimum absolute atomic E-state index is 0.0267. The monoisotopic (exact) mass is 311 g/mol. The van der Waals surface area contributed by atoms with Crippen LogP contribution in [0.1, 0.15) is 22.8 Å². The van der Waals surface area contributed by atoms with Crippen molar-refractivity contribution in [1.82, 2.24) is 5.32 Å². The maximum atomic E-state index is 12.2. The first-order valence-corrected chi connectivity index (χ1v) is 7.86. The molecule has 4 nitrogen and oxygen atoms in total. The molecule has 0 aromatic heterocycles. The Bertz CT molecular complexity index is 684. The van der Waals surface area contributed by atoms with Gasteiger partial charge in [-0.2, -0.15) is 0 Å². The fourth-order valence-electron chi connectivity index (χ4n) is 2.94. The van der Waals surface area contributed by atoms with E-state index in [0.717, 1.165) is 17.7 Å². The van der Waals surface area contributed by atoms with E-state index < -0.39 is 0 Å². The average molecular weight is 311 g/mol. The van der Waals surface area contributed by atoms with Gasteiger partial charge in [-0.15, -0.1) is 0 Å². The molecule has 0 saturated heterocycles. The molecule has 0 saturated carbocycles. The van der Waals surface area contributed by atoms with Gasteiger partial charge >= 0.3 is 0 Å². The third-order valence-electron chi connectivity index (χ3n) is 4.12. The van der Waals surface area contributed by atoms with Crippen molar-refractivity contribution in [3.63, 3.8) is 0 Å². The molecular weight excluding hydrogens is 290 g/mol. The van der Waals surface area contributed by atoms with Crippen molar-refractivity contribution in [3.8, 4) is 5.75 Å². The summed E-state index contributed by atoms with van der Waals surface area (Å²) in [4.78, 5) is 12.2. The second kappa shape index (κ2) is 7.29. The van der Waals surface area contributed by atoms with E-state index in [9.17, 15) is 4.79 Å². The van der Waals surface area contributed by atoms with Crippen molar-refractivity contribution in [2.45, 2.75) is 18.9 Å². The highest BCUT2D eigenvalue weighted by atomic mass is 16.5. The highest BCUT2D eigenvalue weighted by Gasteiger charge is 2.21. The van der Waals surface area contributed by atoms with Crippen LogP contribution in [0.25, 0.3) is 0 Å². The van der Waals surface area contributed by atoms with E-state index in [1.54, 1.807) is 7.11 Å². The molecule has 0 spiro atoms. The second-order valence-corrected chi connectivity index (χ2v) is 5.60. The molecule has 2 aromatic rings. The lowest BCUT2D eigenvalue weighted by Gasteiger charge is -2.26. The van der Waals surface area contributed by atoms with Crippen LogP contribution >= 0.6 is 0 Å². The SMILES string of the molecule is COc1ccccc1CC(=O)NC[C@H]1OCCc2ccccc21. The summed E-state index contributed by atoms with van der Waals surface area (Å²) in [5, 5.41) is 2.97. The molecule has 120 valence electrons. The number of fused-ring (bicyclic) bond motifs is 1. The van der Waals surface area contributed by atoms with Gasteiger partial charge in [0.05, 0.1) is 20.1 Å². The summed E-state index contributed by atoms with van der Waals surface area (Å²) in [6, 6.07) is 15.8. The molecule has 23 heavy (non-hydrogen) atoms. The molecular formula is C19H21NO3. The fraction of sp³-hybridized carbons (Fsp3) is 0.316. The van der Waals surface area contributed by atoms with Crippen molar-refractivity contribution in [2.24, 2.45) is 0 Å². The molecule has 1 atom stereocenters. The van der Waals surface area contributed by atoms with Crippen LogP contribution in [-0.2, 0) is 22.4 Å². The van der Waals surface area contributed by atoms with Gasteiger partial charge in [0.15, 0.2) is 0 Å². The Hall–Kier alpha value is -2.33. The van der Waals surface area contributed by atoms with E-state index in [4.69, 9.17) is 9.47 Å². The second-order valence-electron chi connectivity index (χ2n) is 5.60. The quantitative estimate of drug-likeness (QED) is 0.923. The molecule has 0 radical (unpaired) electrons. The van der Waals surface area contributed by atoms with Crippen LogP contribution < -0.4 is 10.1 Å². The predicted octanol–water partition coefficient (Wildman–Crippen LogP) is 2.67. The van der Waals surface area contributed by atoms with Crippen LogP contribution in [-0.4, -0.2) is 26.2 Å². The normalized spacial score (nSPS) is 16.5. The first kappa shape index (κ1) is 15.6. The predicted molar refractivity (Wildman–Crippen MR) is 88.5 cm³/mol. The molecule has 3 rings (SSSR count). The molecule has 4 heteroatoms. The molecule has 1 N–H and O–H groups in total. The highest BCUT2D eigenvalue weighted by molar-refractivity contribution is 5.79. The Morgan fingerprint density at radius 1 is 1.22 bits per heavy atom. The van der Waals surface area contributed by atoms with Gasteiger partial charge in [0.25, 0.3) is 0 Å². The van der Waals surface area contributed by atoms with Gasteiger partial charge in [0, 0.05) is 12.1 Å². The maximum Gasteiger partial charge on any atom is 0.224 e. The minimum Gasteiger partial charge on any atom is -0.496 e. The van der Waals surface area contributed by atoms with Crippen molar-refractivity contribution in [1.29, 1.82) is 0 Å². The molecule has 2 aromatic carbocycles. The Balaban J connectivity index is 1.60. The number of para-hydroxylation sites is 1. The van der Waals surface area contributed by atoms with Crippen molar-refractivity contribution in [3.05, 3.63) is 65.2 Å². The van der Waals surface area contributed by atoms with E-state index in [1.165, 1.54) is 11.1 Å². The number of ether oxygens (including phenoxy) is 2. The first-order chi connectivity index (χ1) is 11.3. The Morgan fingerprint density at radius 2 is 2.00 bits per heavy atom. The number of nitrogens with one attached hydrogen (secondary N) is 1. The zero-order chi connectivity index (χ0) is 16.1. The molecule has 1 heterocycles. The number of benzene rings is 2. The lowest BCUT2D eigenvalue weighted by atomic mass is 9.97. The largest absolute Gasteiger partial charge is 0.496 e. The molecule has 0 fully saturated rings. The Morgan fingerprint density at radius 3 is 2.87 bits per heavy atom. The lowest BCUT2D eigenvalue weighted by molar-refractivity contribution is -0.121. The van der Waals surface area contributed by atoms with Crippen molar-refractivity contribution in [2.75, 3.05) is 20.3 Å². The van der Waals surface area contributed by atoms with Crippen LogP contribution in [0.15, 0.2) is 48.5 Å². The molecule has 1 aliphatic heterocycles. The summed E-state index contributed by atoms with van der Waals surface area (Å²) >= 11 is 0. The molecule has 0 aliphatic carbocycles. The van der Waals surface area contributed by atoms with E-state index in [0.29, 0.717) is 19.6 Å². The smallest absolute Gasteiger partial charge is 0.224 e. The van der Waals surface area contributed by atoms with Gasteiger partial charge < -0.3 is 14.8 Å². The summed E-state index contributed by atoms with van der Waals surface area (Å²) in [7, 11) is 1.61.